The van der Waals surface area contributed by atoms with Gasteiger partial charge in [-0.3, -0.25) is 4.79 Å². The predicted octanol–water partition coefficient (Wildman–Crippen LogP) is 4.64. The Morgan fingerprint density at radius 3 is 2.81 bits per heavy atom. The van der Waals surface area contributed by atoms with Gasteiger partial charge in [-0.05, 0) is 48.9 Å². The minimum atomic E-state index is -4.60. The number of carbonyl (C=O) groups excluding carboxylic acids is 1. The second-order valence-electron chi connectivity index (χ2n) is 8.41. The summed E-state index contributed by atoms with van der Waals surface area (Å²) in [4.78, 5) is 17.5. The number of fused-ring (bicyclic) bond motifs is 1. The first kappa shape index (κ1) is 22.6. The molecule has 32 heavy (non-hydrogen) atoms. The summed E-state index contributed by atoms with van der Waals surface area (Å²) in [6, 6.07) is 9.18. The average molecular weight is 464 g/mol. The molecular formula is C23H24F3N3O2S. The highest BCUT2D eigenvalue weighted by molar-refractivity contribution is 7.12. The molecule has 0 N–H and O–H groups in total. The molecule has 3 heterocycles. The monoisotopic (exact) mass is 463 g/mol. The second-order valence-corrected chi connectivity index (χ2v) is 9.36. The molecule has 9 heteroatoms. The Bertz CT molecular complexity index is 1020. The number of nitrogens with zero attached hydrogens (tertiary/aromatic N) is 3. The number of anilines is 1. The van der Waals surface area contributed by atoms with Crippen LogP contribution in [0.1, 0.15) is 34.1 Å². The van der Waals surface area contributed by atoms with Crippen LogP contribution in [-0.4, -0.2) is 50.2 Å². The van der Waals surface area contributed by atoms with E-state index in [4.69, 9.17) is 10.00 Å². The number of piperidine rings is 1. The van der Waals surface area contributed by atoms with Gasteiger partial charge in [0.25, 0.3) is 5.91 Å². The van der Waals surface area contributed by atoms with Gasteiger partial charge in [0.2, 0.25) is 0 Å². The van der Waals surface area contributed by atoms with Crippen molar-refractivity contribution in [3.8, 4) is 6.07 Å². The fourth-order valence-corrected chi connectivity index (χ4v) is 5.57. The Kier molecular flexibility index (Phi) is 6.19. The highest BCUT2D eigenvalue weighted by atomic mass is 32.1. The van der Waals surface area contributed by atoms with E-state index >= 15 is 0 Å². The highest BCUT2D eigenvalue weighted by Crippen LogP contribution is 2.45. The summed E-state index contributed by atoms with van der Waals surface area (Å²) in [7, 11) is 0. The van der Waals surface area contributed by atoms with E-state index in [1.165, 1.54) is 17.4 Å². The number of hydrogen-bond donors (Lipinski definition) is 0. The molecule has 0 spiro atoms. The number of benzene rings is 1. The molecule has 170 valence electrons. The van der Waals surface area contributed by atoms with E-state index in [0.717, 1.165) is 12.5 Å². The van der Waals surface area contributed by atoms with Gasteiger partial charge < -0.3 is 14.5 Å². The molecule has 0 bridgehead atoms. The highest BCUT2D eigenvalue weighted by Gasteiger charge is 2.51. The first-order valence-corrected chi connectivity index (χ1v) is 11.4. The zero-order valence-electron chi connectivity index (χ0n) is 17.7. The molecule has 2 unspecified atom stereocenters. The van der Waals surface area contributed by atoms with E-state index < -0.39 is 11.7 Å². The normalized spacial score (nSPS) is 23.2. The van der Waals surface area contributed by atoms with Crippen molar-refractivity contribution in [2.45, 2.75) is 19.5 Å². The molecule has 1 amide bonds. The Hall–Kier alpha value is -2.57. The van der Waals surface area contributed by atoms with Gasteiger partial charge in [-0.15, -0.1) is 11.3 Å². The van der Waals surface area contributed by atoms with Gasteiger partial charge in [0.1, 0.15) is 0 Å². The predicted molar refractivity (Wildman–Crippen MR) is 116 cm³/mol. The summed E-state index contributed by atoms with van der Waals surface area (Å²) in [6.07, 6.45) is -3.83. The summed E-state index contributed by atoms with van der Waals surface area (Å²) < 4.78 is 46.3. The SMILES string of the molecule is CCOCC12CN(C(=O)c3cccs3)CCC1CN(c1ccc(C#N)c(C(F)(F)F)c1)C2. The third kappa shape index (κ3) is 4.21. The Labute approximate surface area is 189 Å². The molecule has 2 fully saturated rings. The van der Waals surface area contributed by atoms with Gasteiger partial charge in [-0.1, -0.05) is 6.07 Å². The minimum absolute atomic E-state index is 0.00879. The fourth-order valence-electron chi connectivity index (χ4n) is 4.88. The molecule has 1 aromatic carbocycles. The van der Waals surface area contributed by atoms with Gasteiger partial charge >= 0.3 is 6.18 Å². The number of halogens is 3. The van der Waals surface area contributed by atoms with Crippen LogP contribution in [0, 0.1) is 22.7 Å². The maximum absolute atomic E-state index is 13.5. The molecule has 0 saturated carbocycles. The summed E-state index contributed by atoms with van der Waals surface area (Å²) >= 11 is 1.41. The Morgan fingerprint density at radius 2 is 2.16 bits per heavy atom. The van der Waals surface area contributed by atoms with E-state index in [1.807, 2.05) is 34.2 Å². The van der Waals surface area contributed by atoms with Crippen molar-refractivity contribution in [1.82, 2.24) is 4.90 Å². The second kappa shape index (κ2) is 8.75. The number of ether oxygens (including phenoxy) is 1. The van der Waals surface area contributed by atoms with Crippen LogP contribution in [0.3, 0.4) is 0 Å². The van der Waals surface area contributed by atoms with Crippen molar-refractivity contribution in [2.75, 3.05) is 44.3 Å². The van der Waals surface area contributed by atoms with Crippen molar-refractivity contribution in [2.24, 2.45) is 11.3 Å². The molecule has 5 nitrogen and oxygen atoms in total. The number of thiophene rings is 1. The zero-order valence-corrected chi connectivity index (χ0v) is 18.5. The Morgan fingerprint density at radius 1 is 1.34 bits per heavy atom. The largest absolute Gasteiger partial charge is 0.417 e. The number of alkyl halides is 3. The van der Waals surface area contributed by atoms with Gasteiger partial charge in [0.15, 0.2) is 0 Å². The van der Waals surface area contributed by atoms with Crippen LogP contribution in [-0.2, 0) is 10.9 Å². The topological polar surface area (TPSA) is 56.6 Å². The molecule has 0 radical (unpaired) electrons. The lowest BCUT2D eigenvalue weighted by molar-refractivity contribution is -0.137. The van der Waals surface area contributed by atoms with Crippen LogP contribution in [0.25, 0.3) is 0 Å². The van der Waals surface area contributed by atoms with Gasteiger partial charge in [0.05, 0.1) is 28.7 Å². The summed E-state index contributed by atoms with van der Waals surface area (Å²) in [6.45, 7) is 5.10. The van der Waals surface area contributed by atoms with Gasteiger partial charge in [-0.2, -0.15) is 18.4 Å². The standard InChI is InChI=1S/C23H24F3N3O2S/c1-2-31-15-22-13-28(21(30)20-4-3-9-32-20)8-7-17(22)12-29(14-22)18-6-5-16(11-27)19(10-18)23(24,25)26/h3-6,9-10,17H,2,7-8,12-15H2,1H3. The molecule has 2 atom stereocenters. The third-order valence-corrected chi connectivity index (χ3v) is 7.33. The average Bonchev–Trinajstić information content (AvgIpc) is 3.44. The van der Waals surface area contributed by atoms with E-state index in [-0.39, 0.29) is 22.8 Å². The number of carbonyl (C=O) groups is 1. The van der Waals surface area contributed by atoms with Gasteiger partial charge in [0, 0.05) is 43.9 Å². The first-order valence-electron chi connectivity index (χ1n) is 10.5. The molecule has 2 aliphatic rings. The fraction of sp³-hybridized carbons (Fsp3) is 0.478. The van der Waals surface area contributed by atoms with Crippen LogP contribution in [0.5, 0.6) is 0 Å². The molecular weight excluding hydrogens is 439 g/mol. The van der Waals surface area contributed by atoms with E-state index in [0.29, 0.717) is 50.0 Å². The van der Waals surface area contributed by atoms with Crippen molar-refractivity contribution in [1.29, 1.82) is 5.26 Å². The van der Waals surface area contributed by atoms with Crippen molar-refractivity contribution in [3.05, 3.63) is 51.7 Å². The molecule has 2 saturated heterocycles. The quantitative estimate of drug-likeness (QED) is 0.648. The maximum Gasteiger partial charge on any atom is 0.417 e. The smallest absolute Gasteiger partial charge is 0.381 e. The van der Waals surface area contributed by atoms with Crippen LogP contribution in [0.4, 0.5) is 18.9 Å². The lowest BCUT2D eigenvalue weighted by Gasteiger charge is -2.43. The Balaban J connectivity index is 1.61. The summed E-state index contributed by atoms with van der Waals surface area (Å²) in [5, 5.41) is 11.0. The van der Waals surface area contributed by atoms with Crippen molar-refractivity contribution < 1.29 is 22.7 Å². The van der Waals surface area contributed by atoms with Crippen LogP contribution in [0.15, 0.2) is 35.7 Å². The maximum atomic E-state index is 13.5. The summed E-state index contributed by atoms with van der Waals surface area (Å²) in [5.41, 5.74) is -1.21. The van der Waals surface area contributed by atoms with Crippen LogP contribution >= 0.6 is 11.3 Å². The number of hydrogen-bond acceptors (Lipinski definition) is 5. The number of nitriles is 1. The number of rotatable bonds is 5. The van der Waals surface area contributed by atoms with E-state index in [1.54, 1.807) is 12.1 Å². The molecule has 4 rings (SSSR count). The molecule has 2 aromatic rings. The first-order chi connectivity index (χ1) is 15.3. The zero-order chi connectivity index (χ0) is 22.9. The van der Waals surface area contributed by atoms with Crippen LogP contribution in [0.2, 0.25) is 0 Å². The minimum Gasteiger partial charge on any atom is -0.381 e. The van der Waals surface area contributed by atoms with E-state index in [2.05, 4.69) is 0 Å². The molecule has 0 aliphatic carbocycles. The van der Waals surface area contributed by atoms with Crippen molar-refractivity contribution in [3.63, 3.8) is 0 Å². The van der Waals surface area contributed by atoms with Crippen molar-refractivity contribution >= 4 is 22.9 Å². The third-order valence-electron chi connectivity index (χ3n) is 6.47. The summed E-state index contributed by atoms with van der Waals surface area (Å²) in [5.74, 6) is 0.192. The molecule has 1 aromatic heterocycles. The number of amides is 1. The lowest BCUT2D eigenvalue weighted by atomic mass is 9.74. The van der Waals surface area contributed by atoms with Crippen LogP contribution < -0.4 is 4.90 Å². The lowest BCUT2D eigenvalue weighted by Crippen LogP contribution is -2.53. The molecule has 2 aliphatic heterocycles. The van der Waals surface area contributed by atoms with E-state index in [9.17, 15) is 18.0 Å². The van der Waals surface area contributed by atoms with Gasteiger partial charge in [-0.25, -0.2) is 0 Å². The number of likely N-dealkylation sites (tertiary alicyclic amines) is 1.